The Hall–Kier alpha value is -3.11. The van der Waals surface area contributed by atoms with Crippen LogP contribution in [0, 0.1) is 0 Å². The minimum absolute atomic E-state index is 0.00312. The molecule has 1 aliphatic rings. The molecule has 2 N–H and O–H groups in total. The minimum Gasteiger partial charge on any atom is -0.341 e. The Bertz CT molecular complexity index is 1220. The van der Waals surface area contributed by atoms with Crippen LogP contribution in [0.1, 0.15) is 36.9 Å². The number of carbonyl (C=O) groups excluding carboxylic acids is 1. The highest BCUT2D eigenvalue weighted by molar-refractivity contribution is 6.09. The van der Waals surface area contributed by atoms with Gasteiger partial charge in [-0.2, -0.15) is 0 Å². The molecule has 1 heterocycles. The van der Waals surface area contributed by atoms with Crippen LogP contribution in [0.25, 0.3) is 21.8 Å². The van der Waals surface area contributed by atoms with Crippen molar-refractivity contribution in [2.75, 3.05) is 11.9 Å². The maximum absolute atomic E-state index is 12.6. The van der Waals surface area contributed by atoms with Crippen LogP contribution in [0.2, 0.25) is 0 Å². The van der Waals surface area contributed by atoms with E-state index in [9.17, 15) is 4.79 Å². The van der Waals surface area contributed by atoms with Gasteiger partial charge in [0.2, 0.25) is 5.91 Å². The number of rotatable bonds is 5. The lowest BCUT2D eigenvalue weighted by Gasteiger charge is -2.26. The summed E-state index contributed by atoms with van der Waals surface area (Å²) in [5.74, 6) is -0.00312. The second kappa shape index (κ2) is 7.96. The van der Waals surface area contributed by atoms with E-state index in [0.717, 1.165) is 31.5 Å². The van der Waals surface area contributed by atoms with E-state index in [2.05, 4.69) is 82.8 Å². The number of fused-ring (bicyclic) bond motifs is 4. The third-order valence-corrected chi connectivity index (χ3v) is 6.25. The molecule has 0 fully saturated rings. The summed E-state index contributed by atoms with van der Waals surface area (Å²) in [6, 6.07) is 23.5. The van der Waals surface area contributed by atoms with Crippen LogP contribution in [0.3, 0.4) is 0 Å². The Morgan fingerprint density at radius 1 is 1.00 bits per heavy atom. The molecule has 0 bridgehead atoms. The lowest BCUT2D eigenvalue weighted by Crippen LogP contribution is -2.33. The van der Waals surface area contributed by atoms with E-state index >= 15 is 0 Å². The smallest absolute Gasteiger partial charge is 0.238 e. The van der Waals surface area contributed by atoms with Crippen LogP contribution in [-0.2, 0) is 17.8 Å². The molecule has 4 heteroatoms. The van der Waals surface area contributed by atoms with Crippen LogP contribution >= 0.6 is 0 Å². The third kappa shape index (κ3) is 3.37. The number of para-hydroxylation sites is 1. The summed E-state index contributed by atoms with van der Waals surface area (Å²) in [7, 11) is 0. The van der Waals surface area contributed by atoms with E-state index in [1.807, 2.05) is 6.07 Å². The largest absolute Gasteiger partial charge is 0.341 e. The first kappa shape index (κ1) is 18.9. The number of carbonyl (C=O) groups is 1. The van der Waals surface area contributed by atoms with Gasteiger partial charge in [-0.3, -0.25) is 4.79 Å². The number of nitrogens with one attached hydrogen (secondary N) is 2. The molecule has 3 aromatic carbocycles. The summed E-state index contributed by atoms with van der Waals surface area (Å²) in [4.78, 5) is 12.6. The van der Waals surface area contributed by atoms with Crippen molar-refractivity contribution in [1.29, 1.82) is 0 Å². The fourth-order valence-electron chi connectivity index (χ4n) is 4.86. The van der Waals surface area contributed by atoms with E-state index < -0.39 is 0 Å². The number of amides is 1. The van der Waals surface area contributed by atoms with Gasteiger partial charge >= 0.3 is 0 Å². The van der Waals surface area contributed by atoms with Crippen molar-refractivity contribution >= 4 is 33.4 Å². The van der Waals surface area contributed by atoms with Crippen LogP contribution < -0.4 is 10.6 Å². The quantitative estimate of drug-likeness (QED) is 0.472. The number of aromatic nitrogens is 1. The van der Waals surface area contributed by atoms with Gasteiger partial charge in [0.1, 0.15) is 0 Å². The predicted molar refractivity (Wildman–Crippen MR) is 124 cm³/mol. The maximum Gasteiger partial charge on any atom is 0.238 e. The molecule has 0 unspecified atom stereocenters. The molecule has 4 aromatic rings. The Kier molecular flexibility index (Phi) is 5.01. The SMILES string of the molecule is CCn1c2ccccc2c2cc(NC(=O)CN[C@@H]3CCCc4ccccc43)ccc21. The number of aryl methyl sites for hydroxylation is 2. The van der Waals surface area contributed by atoms with Gasteiger partial charge in [-0.05, 0) is 61.6 Å². The molecule has 5 rings (SSSR count). The van der Waals surface area contributed by atoms with Crippen LogP contribution in [0.15, 0.2) is 66.7 Å². The van der Waals surface area contributed by atoms with Crippen molar-refractivity contribution in [3.8, 4) is 0 Å². The molecule has 30 heavy (non-hydrogen) atoms. The monoisotopic (exact) mass is 397 g/mol. The zero-order valence-corrected chi connectivity index (χ0v) is 17.3. The molecule has 0 radical (unpaired) electrons. The van der Waals surface area contributed by atoms with Crippen molar-refractivity contribution in [3.05, 3.63) is 77.9 Å². The second-order valence-corrected chi connectivity index (χ2v) is 8.07. The maximum atomic E-state index is 12.6. The second-order valence-electron chi connectivity index (χ2n) is 8.07. The Balaban J connectivity index is 1.32. The molecule has 1 atom stereocenters. The number of hydrogen-bond acceptors (Lipinski definition) is 2. The molecule has 4 nitrogen and oxygen atoms in total. The number of benzene rings is 3. The Labute approximate surface area is 176 Å². The molecule has 152 valence electrons. The standard InChI is InChI=1S/C26H27N3O/c1-2-29-24-13-6-5-11-21(24)22-16-19(14-15-25(22)29)28-26(30)17-27-23-12-7-9-18-8-3-4-10-20(18)23/h3-6,8,10-11,13-16,23,27H,2,7,9,12,17H2,1H3,(H,28,30)/t23-/m1/s1. The molecule has 1 aliphatic carbocycles. The topological polar surface area (TPSA) is 46.1 Å². The fraction of sp³-hybridized carbons (Fsp3) is 0.269. The number of anilines is 1. The normalized spacial score (nSPS) is 16.0. The molecule has 1 amide bonds. The molecule has 0 saturated carbocycles. The summed E-state index contributed by atoms with van der Waals surface area (Å²) in [6.07, 6.45) is 3.37. The Morgan fingerprint density at radius 2 is 1.80 bits per heavy atom. The lowest BCUT2D eigenvalue weighted by atomic mass is 9.88. The van der Waals surface area contributed by atoms with Crippen molar-refractivity contribution in [2.24, 2.45) is 0 Å². The van der Waals surface area contributed by atoms with Gasteiger partial charge in [-0.1, -0.05) is 42.5 Å². The molecule has 0 spiro atoms. The predicted octanol–water partition coefficient (Wildman–Crippen LogP) is 5.42. The van der Waals surface area contributed by atoms with Crippen LogP contribution in [0.4, 0.5) is 5.69 Å². The third-order valence-electron chi connectivity index (χ3n) is 6.25. The van der Waals surface area contributed by atoms with E-state index in [-0.39, 0.29) is 11.9 Å². The van der Waals surface area contributed by atoms with Crippen molar-refractivity contribution in [2.45, 2.75) is 38.8 Å². The van der Waals surface area contributed by atoms with Gasteiger partial charge in [-0.25, -0.2) is 0 Å². The number of nitrogens with zero attached hydrogens (tertiary/aromatic N) is 1. The lowest BCUT2D eigenvalue weighted by molar-refractivity contribution is -0.115. The van der Waals surface area contributed by atoms with Crippen molar-refractivity contribution in [1.82, 2.24) is 9.88 Å². The van der Waals surface area contributed by atoms with Crippen molar-refractivity contribution < 1.29 is 4.79 Å². The van der Waals surface area contributed by atoms with Gasteiger partial charge in [0.15, 0.2) is 0 Å². The van der Waals surface area contributed by atoms with E-state index in [1.54, 1.807) is 0 Å². The van der Waals surface area contributed by atoms with E-state index in [0.29, 0.717) is 6.54 Å². The van der Waals surface area contributed by atoms with Crippen LogP contribution in [0.5, 0.6) is 0 Å². The minimum atomic E-state index is -0.00312. The summed E-state index contributed by atoms with van der Waals surface area (Å²) >= 11 is 0. The number of hydrogen-bond donors (Lipinski definition) is 2. The summed E-state index contributed by atoms with van der Waals surface area (Å²) in [5, 5.41) is 8.95. The highest BCUT2D eigenvalue weighted by Crippen LogP contribution is 2.31. The van der Waals surface area contributed by atoms with Gasteiger partial charge in [0.05, 0.1) is 6.54 Å². The summed E-state index contributed by atoms with van der Waals surface area (Å²) < 4.78 is 2.32. The van der Waals surface area contributed by atoms with Crippen LogP contribution in [-0.4, -0.2) is 17.0 Å². The molecule has 0 aliphatic heterocycles. The van der Waals surface area contributed by atoms with Gasteiger partial charge in [-0.15, -0.1) is 0 Å². The molecular weight excluding hydrogens is 370 g/mol. The molecular formula is C26H27N3O. The average Bonchev–Trinajstić information content (AvgIpc) is 3.10. The first-order valence-electron chi connectivity index (χ1n) is 10.9. The fourth-order valence-corrected chi connectivity index (χ4v) is 4.86. The Morgan fingerprint density at radius 3 is 2.70 bits per heavy atom. The highest BCUT2D eigenvalue weighted by Gasteiger charge is 2.20. The van der Waals surface area contributed by atoms with Crippen molar-refractivity contribution in [3.63, 3.8) is 0 Å². The van der Waals surface area contributed by atoms with Gasteiger partial charge < -0.3 is 15.2 Å². The average molecular weight is 398 g/mol. The van der Waals surface area contributed by atoms with Gasteiger partial charge in [0, 0.05) is 40.1 Å². The first-order valence-corrected chi connectivity index (χ1v) is 10.9. The van der Waals surface area contributed by atoms with Gasteiger partial charge in [0.25, 0.3) is 0 Å². The molecule has 1 aromatic heterocycles. The zero-order valence-electron chi connectivity index (χ0n) is 17.3. The van der Waals surface area contributed by atoms with E-state index in [1.165, 1.54) is 32.9 Å². The van der Waals surface area contributed by atoms with E-state index in [4.69, 9.17) is 0 Å². The summed E-state index contributed by atoms with van der Waals surface area (Å²) in [6.45, 7) is 3.40. The first-order chi connectivity index (χ1) is 14.7. The molecule has 0 saturated heterocycles. The zero-order chi connectivity index (χ0) is 20.5. The highest BCUT2D eigenvalue weighted by atomic mass is 16.1. The summed E-state index contributed by atoms with van der Waals surface area (Å²) in [5.41, 5.74) is 6.02.